The summed E-state index contributed by atoms with van der Waals surface area (Å²) >= 11 is 0. The molecular weight excluding hydrogens is 204 g/mol. The van der Waals surface area contributed by atoms with E-state index < -0.39 is 5.76 Å². The van der Waals surface area contributed by atoms with E-state index in [0.29, 0.717) is 17.5 Å². The lowest BCUT2D eigenvalue weighted by molar-refractivity contribution is 0.555. The topological polar surface area (TPSA) is 58.0 Å². The lowest BCUT2D eigenvalue weighted by Gasteiger charge is -2.18. The van der Waals surface area contributed by atoms with Crippen LogP contribution in [0.25, 0.3) is 11.1 Å². The molecule has 2 aromatic rings. The smallest absolute Gasteiger partial charge is 0.408 e. The van der Waals surface area contributed by atoms with Gasteiger partial charge in [-0.05, 0) is 31.0 Å². The van der Waals surface area contributed by atoms with Gasteiger partial charge in [0.05, 0.1) is 5.52 Å². The van der Waals surface area contributed by atoms with E-state index in [1.54, 1.807) is 6.07 Å². The van der Waals surface area contributed by atoms with Crippen LogP contribution in [0.3, 0.4) is 0 Å². The van der Waals surface area contributed by atoms with Crippen LogP contribution in [0.15, 0.2) is 27.4 Å². The molecule has 0 aliphatic carbocycles. The van der Waals surface area contributed by atoms with Gasteiger partial charge in [0.15, 0.2) is 5.58 Å². The predicted octanol–water partition coefficient (Wildman–Crippen LogP) is 2.58. The molecule has 0 saturated heterocycles. The molecule has 0 spiro atoms. The van der Waals surface area contributed by atoms with Gasteiger partial charge in [0.1, 0.15) is 0 Å². The lowest BCUT2D eigenvalue weighted by atomic mass is 10.1. The predicted molar refractivity (Wildman–Crippen MR) is 64.8 cm³/mol. The SMILES string of the molecule is CC(C)C(C)Nc1ccc2oc(=O)[nH]c2c1. The van der Waals surface area contributed by atoms with Crippen LogP contribution in [0, 0.1) is 5.92 Å². The summed E-state index contributed by atoms with van der Waals surface area (Å²) in [7, 11) is 0. The second-order valence-corrected chi connectivity index (χ2v) is 4.40. The summed E-state index contributed by atoms with van der Waals surface area (Å²) in [6.07, 6.45) is 0. The van der Waals surface area contributed by atoms with Crippen molar-refractivity contribution in [3.8, 4) is 0 Å². The van der Waals surface area contributed by atoms with Gasteiger partial charge in [-0.15, -0.1) is 0 Å². The minimum absolute atomic E-state index is 0.385. The van der Waals surface area contributed by atoms with Crippen LogP contribution >= 0.6 is 0 Å². The minimum Gasteiger partial charge on any atom is -0.408 e. The number of hydrogen-bond donors (Lipinski definition) is 2. The molecule has 2 N–H and O–H groups in total. The zero-order valence-electron chi connectivity index (χ0n) is 9.70. The molecule has 4 nitrogen and oxygen atoms in total. The zero-order valence-corrected chi connectivity index (χ0v) is 9.70. The van der Waals surface area contributed by atoms with Crippen molar-refractivity contribution in [2.45, 2.75) is 26.8 Å². The Labute approximate surface area is 93.7 Å². The van der Waals surface area contributed by atoms with E-state index >= 15 is 0 Å². The number of benzene rings is 1. The Balaban J connectivity index is 2.28. The Morgan fingerprint density at radius 1 is 1.31 bits per heavy atom. The fourth-order valence-corrected chi connectivity index (χ4v) is 1.47. The van der Waals surface area contributed by atoms with Gasteiger partial charge < -0.3 is 9.73 Å². The number of fused-ring (bicyclic) bond motifs is 1. The van der Waals surface area contributed by atoms with E-state index in [1.807, 2.05) is 12.1 Å². The summed E-state index contributed by atoms with van der Waals surface area (Å²) in [5.41, 5.74) is 2.31. The third-order valence-corrected chi connectivity index (χ3v) is 2.81. The first kappa shape index (κ1) is 10.8. The molecule has 1 atom stereocenters. The maximum atomic E-state index is 11.0. The first-order valence-corrected chi connectivity index (χ1v) is 5.45. The van der Waals surface area contributed by atoms with E-state index in [0.717, 1.165) is 11.2 Å². The third kappa shape index (κ3) is 2.10. The molecule has 1 heterocycles. The minimum atomic E-state index is -0.413. The highest BCUT2D eigenvalue weighted by Gasteiger charge is 2.07. The highest BCUT2D eigenvalue weighted by molar-refractivity contribution is 5.76. The Hall–Kier alpha value is -1.71. The number of aromatic amines is 1. The maximum Gasteiger partial charge on any atom is 0.417 e. The molecule has 0 aliphatic heterocycles. The Kier molecular flexibility index (Phi) is 2.73. The van der Waals surface area contributed by atoms with E-state index in [-0.39, 0.29) is 0 Å². The second kappa shape index (κ2) is 4.04. The molecule has 4 heteroatoms. The summed E-state index contributed by atoms with van der Waals surface area (Å²) in [5, 5.41) is 3.38. The van der Waals surface area contributed by atoms with Crippen LogP contribution in [-0.4, -0.2) is 11.0 Å². The molecule has 0 aliphatic rings. The van der Waals surface area contributed by atoms with Gasteiger partial charge in [0, 0.05) is 11.7 Å². The summed E-state index contributed by atoms with van der Waals surface area (Å²) in [5.74, 6) is 0.142. The summed E-state index contributed by atoms with van der Waals surface area (Å²) in [4.78, 5) is 13.6. The van der Waals surface area contributed by atoms with E-state index in [4.69, 9.17) is 4.42 Å². The van der Waals surface area contributed by atoms with Crippen molar-refractivity contribution in [1.29, 1.82) is 0 Å². The van der Waals surface area contributed by atoms with Gasteiger partial charge in [0.25, 0.3) is 0 Å². The summed E-state index contributed by atoms with van der Waals surface area (Å²) in [6.45, 7) is 6.46. The molecule has 0 saturated carbocycles. The number of aromatic nitrogens is 1. The normalized spacial score (nSPS) is 13.2. The number of oxazole rings is 1. The largest absolute Gasteiger partial charge is 0.417 e. The highest BCUT2D eigenvalue weighted by atomic mass is 16.4. The van der Waals surface area contributed by atoms with Crippen molar-refractivity contribution in [2.24, 2.45) is 5.92 Å². The number of H-pyrrole nitrogens is 1. The van der Waals surface area contributed by atoms with Gasteiger partial charge in [-0.1, -0.05) is 13.8 Å². The number of hydrogen-bond acceptors (Lipinski definition) is 3. The third-order valence-electron chi connectivity index (χ3n) is 2.81. The van der Waals surface area contributed by atoms with Gasteiger partial charge >= 0.3 is 5.76 Å². The summed E-state index contributed by atoms with van der Waals surface area (Å²) < 4.78 is 4.94. The van der Waals surface area contributed by atoms with Crippen molar-refractivity contribution in [1.82, 2.24) is 4.98 Å². The molecule has 0 radical (unpaired) electrons. The highest BCUT2D eigenvalue weighted by Crippen LogP contribution is 2.18. The van der Waals surface area contributed by atoms with Crippen LogP contribution in [0.4, 0.5) is 5.69 Å². The van der Waals surface area contributed by atoms with Crippen LogP contribution < -0.4 is 11.1 Å². The molecule has 86 valence electrons. The standard InChI is InChI=1S/C12H16N2O2/c1-7(2)8(3)13-9-4-5-11-10(6-9)14-12(15)16-11/h4-8,13H,1-3H3,(H,14,15). The molecule has 2 rings (SSSR count). The molecule has 1 aromatic heterocycles. The summed E-state index contributed by atoms with van der Waals surface area (Å²) in [6, 6.07) is 5.98. The van der Waals surface area contributed by atoms with Crippen molar-refractivity contribution >= 4 is 16.8 Å². The van der Waals surface area contributed by atoms with Crippen LogP contribution in [0.5, 0.6) is 0 Å². The van der Waals surface area contributed by atoms with E-state index in [1.165, 1.54) is 0 Å². The van der Waals surface area contributed by atoms with Gasteiger partial charge in [0.2, 0.25) is 0 Å². The monoisotopic (exact) mass is 220 g/mol. The van der Waals surface area contributed by atoms with Gasteiger partial charge in [-0.2, -0.15) is 0 Å². The molecule has 1 unspecified atom stereocenters. The van der Waals surface area contributed by atoms with Crippen LogP contribution in [-0.2, 0) is 0 Å². The zero-order chi connectivity index (χ0) is 11.7. The fourth-order valence-electron chi connectivity index (χ4n) is 1.47. The Bertz CT molecular complexity index is 539. The first-order chi connectivity index (χ1) is 7.56. The van der Waals surface area contributed by atoms with Crippen molar-refractivity contribution in [3.63, 3.8) is 0 Å². The average Bonchev–Trinajstić information content (AvgIpc) is 2.57. The number of rotatable bonds is 3. The fraction of sp³-hybridized carbons (Fsp3) is 0.417. The van der Waals surface area contributed by atoms with E-state index in [2.05, 4.69) is 31.1 Å². The van der Waals surface area contributed by atoms with Gasteiger partial charge in [-0.25, -0.2) is 4.79 Å². The Morgan fingerprint density at radius 3 is 2.75 bits per heavy atom. The second-order valence-electron chi connectivity index (χ2n) is 4.40. The first-order valence-electron chi connectivity index (χ1n) is 5.45. The van der Waals surface area contributed by atoms with Crippen molar-refractivity contribution in [2.75, 3.05) is 5.32 Å². The van der Waals surface area contributed by atoms with E-state index in [9.17, 15) is 4.79 Å². The van der Waals surface area contributed by atoms with Crippen molar-refractivity contribution in [3.05, 3.63) is 28.7 Å². The molecule has 0 bridgehead atoms. The molecule has 1 aromatic carbocycles. The maximum absolute atomic E-state index is 11.0. The average molecular weight is 220 g/mol. The lowest BCUT2D eigenvalue weighted by Crippen LogP contribution is -2.21. The number of anilines is 1. The molecule has 0 fully saturated rings. The van der Waals surface area contributed by atoms with Crippen LogP contribution in [0.2, 0.25) is 0 Å². The molecule has 16 heavy (non-hydrogen) atoms. The van der Waals surface area contributed by atoms with Crippen molar-refractivity contribution < 1.29 is 4.42 Å². The quantitative estimate of drug-likeness (QED) is 0.835. The molecular formula is C12H16N2O2. The van der Waals surface area contributed by atoms with Crippen LogP contribution in [0.1, 0.15) is 20.8 Å². The molecule has 0 amide bonds. The Morgan fingerprint density at radius 2 is 2.06 bits per heavy atom. The van der Waals surface area contributed by atoms with Gasteiger partial charge in [-0.3, -0.25) is 4.98 Å². The number of nitrogens with one attached hydrogen (secondary N) is 2.